The predicted molar refractivity (Wildman–Crippen MR) is 100 cm³/mol. The average Bonchev–Trinajstić information content (AvgIpc) is 2.64. The van der Waals surface area contributed by atoms with Gasteiger partial charge in [0.05, 0.1) is 6.54 Å². The fourth-order valence-electron chi connectivity index (χ4n) is 3.47. The van der Waals surface area contributed by atoms with Gasteiger partial charge in [-0.25, -0.2) is 9.97 Å². The molecule has 2 fully saturated rings. The molecule has 142 valence electrons. The van der Waals surface area contributed by atoms with E-state index in [1.807, 2.05) is 24.9 Å². The van der Waals surface area contributed by atoms with Gasteiger partial charge in [0, 0.05) is 51.8 Å². The van der Waals surface area contributed by atoms with Crippen LogP contribution in [0, 0.1) is 0 Å². The Morgan fingerprint density at radius 3 is 2.73 bits per heavy atom. The van der Waals surface area contributed by atoms with Gasteiger partial charge < -0.3 is 20.0 Å². The minimum atomic E-state index is 0.105. The number of aromatic nitrogens is 2. The van der Waals surface area contributed by atoms with Crippen LogP contribution in [0.3, 0.4) is 0 Å². The van der Waals surface area contributed by atoms with Crippen molar-refractivity contribution in [1.82, 2.24) is 20.2 Å². The lowest BCUT2D eigenvalue weighted by Gasteiger charge is -2.35. The summed E-state index contributed by atoms with van der Waals surface area (Å²) in [5.74, 6) is 1.87. The molecule has 1 atom stereocenters. The fourth-order valence-corrected chi connectivity index (χ4v) is 3.47. The van der Waals surface area contributed by atoms with Gasteiger partial charge >= 0.3 is 0 Å². The zero-order chi connectivity index (χ0) is 18.5. The minimum Gasteiger partial charge on any atom is -0.354 e. The lowest BCUT2D eigenvalue weighted by atomic mass is 10.1. The molecule has 3 rings (SSSR count). The molecule has 0 aliphatic carbocycles. The first-order valence-electron chi connectivity index (χ1n) is 9.42. The van der Waals surface area contributed by atoms with E-state index in [-0.39, 0.29) is 17.9 Å². The van der Waals surface area contributed by atoms with Gasteiger partial charge in [-0.15, -0.1) is 0 Å². The molecule has 1 unspecified atom stereocenters. The second-order valence-electron chi connectivity index (χ2n) is 7.07. The maximum absolute atomic E-state index is 12.0. The van der Waals surface area contributed by atoms with Crippen molar-refractivity contribution in [2.45, 2.75) is 38.6 Å². The monoisotopic (exact) mass is 360 g/mol. The van der Waals surface area contributed by atoms with Crippen LogP contribution in [0.4, 0.5) is 11.6 Å². The third-order valence-electron chi connectivity index (χ3n) is 5.01. The normalized spacial score (nSPS) is 21.1. The van der Waals surface area contributed by atoms with Crippen molar-refractivity contribution in [3.05, 3.63) is 12.4 Å². The van der Waals surface area contributed by atoms with E-state index in [9.17, 15) is 9.59 Å². The minimum absolute atomic E-state index is 0.105. The molecule has 0 bridgehead atoms. The van der Waals surface area contributed by atoms with Crippen molar-refractivity contribution in [2.75, 3.05) is 49.6 Å². The van der Waals surface area contributed by atoms with E-state index in [0.29, 0.717) is 19.5 Å². The number of carbonyl (C=O) groups excluding carboxylic acids is 2. The topological polar surface area (TPSA) is 81.7 Å². The molecule has 1 aromatic heterocycles. The number of hydrogen-bond acceptors (Lipinski definition) is 6. The third kappa shape index (κ3) is 4.42. The molecule has 8 nitrogen and oxygen atoms in total. The molecule has 3 heterocycles. The number of amides is 2. The Kier molecular flexibility index (Phi) is 5.90. The number of hydrogen-bond donors (Lipinski definition) is 1. The predicted octanol–water partition coefficient (Wildman–Crippen LogP) is 0.640. The van der Waals surface area contributed by atoms with Gasteiger partial charge in [0.2, 0.25) is 11.8 Å². The molecule has 2 saturated heterocycles. The summed E-state index contributed by atoms with van der Waals surface area (Å²) >= 11 is 0. The summed E-state index contributed by atoms with van der Waals surface area (Å²) in [6, 6.07) is 2.11. The van der Waals surface area contributed by atoms with Crippen LogP contribution in [0.1, 0.15) is 32.6 Å². The third-order valence-corrected chi connectivity index (χ3v) is 5.01. The number of rotatable bonds is 5. The first-order chi connectivity index (χ1) is 12.6. The summed E-state index contributed by atoms with van der Waals surface area (Å²) in [5.41, 5.74) is 0. The van der Waals surface area contributed by atoms with Crippen LogP contribution in [0.15, 0.2) is 12.4 Å². The van der Waals surface area contributed by atoms with Crippen LogP contribution in [0.2, 0.25) is 0 Å². The summed E-state index contributed by atoms with van der Waals surface area (Å²) in [4.78, 5) is 38.5. The highest BCUT2D eigenvalue weighted by Crippen LogP contribution is 2.22. The number of likely N-dealkylation sites (N-methyl/N-ethyl adjacent to an activating group) is 1. The molecule has 1 N–H and O–H groups in total. The Bertz CT molecular complexity index is 652. The number of piperazine rings is 1. The van der Waals surface area contributed by atoms with Crippen LogP contribution in [0.25, 0.3) is 0 Å². The van der Waals surface area contributed by atoms with Crippen molar-refractivity contribution >= 4 is 23.5 Å². The van der Waals surface area contributed by atoms with Crippen molar-refractivity contribution in [1.29, 1.82) is 0 Å². The van der Waals surface area contributed by atoms with Gasteiger partial charge in [0.15, 0.2) is 0 Å². The fraction of sp³-hybridized carbons (Fsp3) is 0.667. The standard InChI is InChI=1S/C18H28N6O2/c1-3-5-17(25)21-14-6-4-7-23(11-14)15-10-16(20-13-19-15)24-9-8-22(2)18(26)12-24/h10,13-14H,3-9,11-12H2,1-2H3,(H,21,25). The summed E-state index contributed by atoms with van der Waals surface area (Å²) in [5, 5.41) is 3.12. The molecule has 2 aliphatic heterocycles. The number of piperidine rings is 1. The Hall–Kier alpha value is -2.38. The lowest BCUT2D eigenvalue weighted by molar-refractivity contribution is -0.129. The first kappa shape index (κ1) is 18.4. The highest BCUT2D eigenvalue weighted by atomic mass is 16.2. The van der Waals surface area contributed by atoms with Crippen LogP contribution in [-0.2, 0) is 9.59 Å². The van der Waals surface area contributed by atoms with E-state index >= 15 is 0 Å². The van der Waals surface area contributed by atoms with Crippen molar-refractivity contribution in [3.63, 3.8) is 0 Å². The quantitative estimate of drug-likeness (QED) is 0.830. The maximum Gasteiger partial charge on any atom is 0.241 e. The van der Waals surface area contributed by atoms with Crippen molar-refractivity contribution in [3.8, 4) is 0 Å². The average molecular weight is 360 g/mol. The maximum atomic E-state index is 12.0. The van der Waals surface area contributed by atoms with E-state index in [0.717, 1.165) is 50.5 Å². The van der Waals surface area contributed by atoms with Crippen LogP contribution in [0.5, 0.6) is 0 Å². The highest BCUT2D eigenvalue weighted by molar-refractivity contribution is 5.82. The Balaban J connectivity index is 1.65. The van der Waals surface area contributed by atoms with Gasteiger partial charge in [-0.1, -0.05) is 6.92 Å². The van der Waals surface area contributed by atoms with E-state index in [4.69, 9.17) is 0 Å². The molecule has 0 spiro atoms. The zero-order valence-electron chi connectivity index (χ0n) is 15.6. The summed E-state index contributed by atoms with van der Waals surface area (Å²) in [6.07, 6.45) is 5.01. The van der Waals surface area contributed by atoms with Gasteiger partial charge in [-0.05, 0) is 19.3 Å². The van der Waals surface area contributed by atoms with Crippen LogP contribution < -0.4 is 15.1 Å². The first-order valence-corrected chi connectivity index (χ1v) is 9.42. The molecule has 26 heavy (non-hydrogen) atoms. The van der Waals surface area contributed by atoms with E-state index in [2.05, 4.69) is 20.2 Å². The Morgan fingerprint density at radius 2 is 2.00 bits per heavy atom. The molecule has 0 saturated carbocycles. The Labute approximate surface area is 154 Å². The lowest BCUT2D eigenvalue weighted by Crippen LogP contribution is -2.49. The van der Waals surface area contributed by atoms with Gasteiger partial charge in [-0.2, -0.15) is 0 Å². The molecule has 2 aliphatic rings. The van der Waals surface area contributed by atoms with Crippen LogP contribution >= 0.6 is 0 Å². The number of nitrogens with one attached hydrogen (secondary N) is 1. The van der Waals surface area contributed by atoms with Crippen molar-refractivity contribution < 1.29 is 9.59 Å². The van der Waals surface area contributed by atoms with Crippen molar-refractivity contribution in [2.24, 2.45) is 0 Å². The van der Waals surface area contributed by atoms with Gasteiger partial charge in [0.1, 0.15) is 18.0 Å². The molecular formula is C18H28N6O2. The second kappa shape index (κ2) is 8.33. The SMILES string of the molecule is CCCC(=O)NC1CCCN(c2cc(N3CCN(C)C(=O)C3)ncn2)C1. The second-order valence-corrected chi connectivity index (χ2v) is 7.07. The summed E-state index contributed by atoms with van der Waals surface area (Å²) in [7, 11) is 1.83. The van der Waals surface area contributed by atoms with E-state index in [1.165, 1.54) is 0 Å². The molecular weight excluding hydrogens is 332 g/mol. The molecule has 1 aromatic rings. The van der Waals surface area contributed by atoms with Gasteiger partial charge in [0.25, 0.3) is 0 Å². The van der Waals surface area contributed by atoms with E-state index < -0.39 is 0 Å². The van der Waals surface area contributed by atoms with Gasteiger partial charge in [-0.3, -0.25) is 9.59 Å². The smallest absolute Gasteiger partial charge is 0.241 e. The molecule has 0 radical (unpaired) electrons. The van der Waals surface area contributed by atoms with E-state index in [1.54, 1.807) is 11.2 Å². The largest absolute Gasteiger partial charge is 0.354 e. The number of nitrogens with zero attached hydrogens (tertiary/aromatic N) is 5. The molecule has 2 amide bonds. The number of carbonyl (C=O) groups is 2. The van der Waals surface area contributed by atoms with Crippen LogP contribution in [-0.4, -0.2) is 72.5 Å². The molecule has 8 heteroatoms. The summed E-state index contributed by atoms with van der Waals surface area (Å²) in [6.45, 7) is 5.51. The zero-order valence-corrected chi connectivity index (χ0v) is 15.6. The Morgan fingerprint density at radius 1 is 1.23 bits per heavy atom. The number of anilines is 2. The molecule has 0 aromatic carbocycles. The highest BCUT2D eigenvalue weighted by Gasteiger charge is 2.25. The summed E-state index contributed by atoms with van der Waals surface area (Å²) < 4.78 is 0.